The van der Waals surface area contributed by atoms with Gasteiger partial charge in [0.25, 0.3) is 0 Å². The van der Waals surface area contributed by atoms with Gasteiger partial charge in [0.05, 0.1) is 0 Å². The molecule has 0 atom stereocenters. The average molecular weight is 232 g/mol. The topological polar surface area (TPSA) is 24.1 Å². The van der Waals surface area contributed by atoms with E-state index in [1.807, 2.05) is 0 Å². The molecule has 0 amide bonds. The average Bonchev–Trinajstić information content (AvgIpc) is 2.40. The third kappa shape index (κ3) is 3.74. The molecule has 0 aromatic heterocycles. The molecule has 1 aliphatic heterocycles. The van der Waals surface area contributed by atoms with E-state index in [-0.39, 0.29) is 0 Å². The molecule has 2 heteroatoms. The Kier molecular flexibility index (Phi) is 4.87. The van der Waals surface area contributed by atoms with Crippen molar-refractivity contribution in [3.05, 3.63) is 29.8 Å². The van der Waals surface area contributed by atoms with Gasteiger partial charge in [0.1, 0.15) is 0 Å². The molecule has 0 aliphatic carbocycles. The summed E-state index contributed by atoms with van der Waals surface area (Å²) in [5, 5.41) is 7.01. The second-order valence-electron chi connectivity index (χ2n) is 4.92. The third-order valence-corrected chi connectivity index (χ3v) is 3.73. The van der Waals surface area contributed by atoms with E-state index in [0.717, 1.165) is 18.9 Å². The van der Waals surface area contributed by atoms with Gasteiger partial charge in [-0.05, 0) is 56.3 Å². The lowest BCUT2D eigenvalue weighted by Gasteiger charge is -2.23. The minimum Gasteiger partial charge on any atom is -0.385 e. The molecule has 94 valence electrons. The predicted octanol–water partition coefficient (Wildman–Crippen LogP) is 3.05. The second kappa shape index (κ2) is 6.65. The Bertz CT molecular complexity index is 329. The second-order valence-corrected chi connectivity index (χ2v) is 4.92. The lowest BCUT2D eigenvalue weighted by Crippen LogP contribution is -2.28. The molecule has 17 heavy (non-hydrogen) atoms. The number of hydrogen-bond donors (Lipinski definition) is 2. The van der Waals surface area contributed by atoms with E-state index in [0.29, 0.717) is 0 Å². The summed E-state index contributed by atoms with van der Waals surface area (Å²) in [6.45, 7) is 5.74. The highest BCUT2D eigenvalue weighted by Crippen LogP contribution is 2.18. The van der Waals surface area contributed by atoms with Crippen molar-refractivity contribution in [2.45, 2.75) is 32.6 Å². The van der Waals surface area contributed by atoms with Gasteiger partial charge in [-0.3, -0.25) is 0 Å². The molecular weight excluding hydrogens is 208 g/mol. The third-order valence-electron chi connectivity index (χ3n) is 3.73. The Morgan fingerprint density at radius 3 is 2.76 bits per heavy atom. The fourth-order valence-corrected chi connectivity index (χ4v) is 2.58. The summed E-state index contributed by atoms with van der Waals surface area (Å²) in [5.41, 5.74) is 2.75. The van der Waals surface area contributed by atoms with Gasteiger partial charge in [0.2, 0.25) is 0 Å². The van der Waals surface area contributed by atoms with Crippen molar-refractivity contribution in [3.63, 3.8) is 0 Å². The van der Waals surface area contributed by atoms with Crippen LogP contribution < -0.4 is 10.6 Å². The van der Waals surface area contributed by atoms with Crippen LogP contribution in [0.2, 0.25) is 0 Å². The standard InChI is InChI=1S/C15H24N2/c1-2-14-5-3-4-6-15(14)17-12-9-13-7-10-16-11-8-13/h3-6,13,16-17H,2,7-12H2,1H3. The van der Waals surface area contributed by atoms with Gasteiger partial charge in [-0.2, -0.15) is 0 Å². The van der Waals surface area contributed by atoms with Gasteiger partial charge in [-0.25, -0.2) is 0 Å². The molecule has 1 fully saturated rings. The zero-order chi connectivity index (χ0) is 11.9. The first-order valence-corrected chi connectivity index (χ1v) is 6.92. The number of anilines is 1. The summed E-state index contributed by atoms with van der Waals surface area (Å²) in [5.74, 6) is 0.914. The predicted molar refractivity (Wildman–Crippen MR) is 74.5 cm³/mol. The molecule has 2 rings (SSSR count). The maximum absolute atomic E-state index is 3.59. The first-order chi connectivity index (χ1) is 8.40. The van der Waals surface area contributed by atoms with Crippen LogP contribution in [0.15, 0.2) is 24.3 Å². The Morgan fingerprint density at radius 2 is 2.00 bits per heavy atom. The van der Waals surface area contributed by atoms with Crippen molar-refractivity contribution >= 4 is 5.69 Å². The molecule has 0 unspecified atom stereocenters. The highest BCUT2D eigenvalue weighted by molar-refractivity contribution is 5.50. The molecule has 1 aliphatic rings. The van der Waals surface area contributed by atoms with Crippen LogP contribution in [0, 0.1) is 5.92 Å². The highest BCUT2D eigenvalue weighted by atomic mass is 14.9. The van der Waals surface area contributed by atoms with Gasteiger partial charge >= 0.3 is 0 Å². The Hall–Kier alpha value is -1.02. The number of rotatable bonds is 5. The molecule has 0 spiro atoms. The molecule has 0 saturated carbocycles. The number of nitrogens with one attached hydrogen (secondary N) is 2. The van der Waals surface area contributed by atoms with Gasteiger partial charge in [0, 0.05) is 12.2 Å². The molecule has 1 aromatic carbocycles. The van der Waals surface area contributed by atoms with Crippen molar-refractivity contribution in [2.24, 2.45) is 5.92 Å². The number of aryl methyl sites for hydroxylation is 1. The van der Waals surface area contributed by atoms with E-state index in [9.17, 15) is 0 Å². The normalized spacial score (nSPS) is 17.0. The largest absolute Gasteiger partial charge is 0.385 e. The fourth-order valence-electron chi connectivity index (χ4n) is 2.58. The number of benzene rings is 1. The van der Waals surface area contributed by atoms with Crippen LogP contribution in [0.1, 0.15) is 31.7 Å². The molecule has 2 nitrogen and oxygen atoms in total. The molecule has 0 radical (unpaired) electrons. The Morgan fingerprint density at radius 1 is 1.24 bits per heavy atom. The monoisotopic (exact) mass is 232 g/mol. The minimum atomic E-state index is 0.914. The van der Waals surface area contributed by atoms with E-state index < -0.39 is 0 Å². The summed E-state index contributed by atoms with van der Waals surface area (Å²) in [6.07, 6.45) is 5.10. The van der Waals surface area contributed by atoms with E-state index in [1.54, 1.807) is 0 Å². The van der Waals surface area contributed by atoms with Gasteiger partial charge in [-0.1, -0.05) is 25.1 Å². The first-order valence-electron chi connectivity index (χ1n) is 6.92. The van der Waals surface area contributed by atoms with Crippen LogP contribution in [0.25, 0.3) is 0 Å². The molecule has 2 N–H and O–H groups in total. The summed E-state index contributed by atoms with van der Waals surface area (Å²) >= 11 is 0. The summed E-state index contributed by atoms with van der Waals surface area (Å²) in [6, 6.07) is 8.65. The van der Waals surface area contributed by atoms with Gasteiger partial charge in [0.15, 0.2) is 0 Å². The van der Waals surface area contributed by atoms with Crippen LogP contribution in [-0.4, -0.2) is 19.6 Å². The minimum absolute atomic E-state index is 0.914. The van der Waals surface area contributed by atoms with E-state index in [1.165, 1.54) is 43.6 Å². The Labute approximate surface area is 105 Å². The lowest BCUT2D eigenvalue weighted by molar-refractivity contribution is 0.361. The SMILES string of the molecule is CCc1ccccc1NCCC1CCNCC1. The maximum Gasteiger partial charge on any atom is 0.0372 e. The number of hydrogen-bond acceptors (Lipinski definition) is 2. The van der Waals surface area contributed by atoms with Crippen molar-refractivity contribution in [2.75, 3.05) is 25.0 Å². The van der Waals surface area contributed by atoms with Gasteiger partial charge in [-0.15, -0.1) is 0 Å². The van der Waals surface area contributed by atoms with Crippen molar-refractivity contribution < 1.29 is 0 Å². The van der Waals surface area contributed by atoms with Gasteiger partial charge < -0.3 is 10.6 Å². The smallest absolute Gasteiger partial charge is 0.0372 e. The summed E-state index contributed by atoms with van der Waals surface area (Å²) in [4.78, 5) is 0. The molecule has 0 bridgehead atoms. The number of para-hydroxylation sites is 1. The van der Waals surface area contributed by atoms with Crippen LogP contribution >= 0.6 is 0 Å². The van der Waals surface area contributed by atoms with Crippen LogP contribution in [-0.2, 0) is 6.42 Å². The zero-order valence-electron chi connectivity index (χ0n) is 10.8. The summed E-state index contributed by atoms with van der Waals surface area (Å²) < 4.78 is 0. The van der Waals surface area contributed by atoms with Crippen molar-refractivity contribution in [1.29, 1.82) is 0 Å². The van der Waals surface area contributed by atoms with E-state index in [2.05, 4.69) is 41.8 Å². The highest BCUT2D eigenvalue weighted by Gasteiger charge is 2.12. The first kappa shape index (κ1) is 12.4. The van der Waals surface area contributed by atoms with Crippen LogP contribution in [0.4, 0.5) is 5.69 Å². The molecule has 1 heterocycles. The van der Waals surface area contributed by atoms with Crippen LogP contribution in [0.5, 0.6) is 0 Å². The maximum atomic E-state index is 3.59. The van der Waals surface area contributed by atoms with Crippen molar-refractivity contribution in [1.82, 2.24) is 5.32 Å². The molecule has 1 saturated heterocycles. The Balaban J connectivity index is 1.77. The number of piperidine rings is 1. The quantitative estimate of drug-likeness (QED) is 0.815. The fraction of sp³-hybridized carbons (Fsp3) is 0.600. The lowest BCUT2D eigenvalue weighted by atomic mass is 9.95. The van der Waals surface area contributed by atoms with E-state index >= 15 is 0 Å². The van der Waals surface area contributed by atoms with E-state index in [4.69, 9.17) is 0 Å². The molecular formula is C15H24N2. The van der Waals surface area contributed by atoms with Crippen LogP contribution in [0.3, 0.4) is 0 Å². The summed E-state index contributed by atoms with van der Waals surface area (Å²) in [7, 11) is 0. The van der Waals surface area contributed by atoms with Crippen molar-refractivity contribution in [3.8, 4) is 0 Å². The zero-order valence-corrected chi connectivity index (χ0v) is 10.8. The molecule has 1 aromatic rings.